The molecular weight excluding hydrogens is 358 g/mol. The molecule has 0 fully saturated rings. The Labute approximate surface area is 156 Å². The fourth-order valence-electron chi connectivity index (χ4n) is 3.34. The van der Waals surface area contributed by atoms with Crippen LogP contribution in [0.5, 0.6) is 0 Å². The minimum Gasteiger partial charge on any atom is -0.456 e. The molecule has 0 atom stereocenters. The summed E-state index contributed by atoms with van der Waals surface area (Å²) >= 11 is 0. The molecule has 0 aliphatic rings. The van der Waals surface area contributed by atoms with Gasteiger partial charge in [-0.1, -0.05) is 48.5 Å². The average Bonchev–Trinajstić information content (AvgIpc) is 3.05. The van der Waals surface area contributed by atoms with E-state index in [-0.39, 0.29) is 4.90 Å². The zero-order valence-electron chi connectivity index (χ0n) is 14.2. The molecule has 0 amide bonds. The van der Waals surface area contributed by atoms with Gasteiger partial charge in [0, 0.05) is 16.8 Å². The molecule has 0 unspecified atom stereocenters. The smallest absolute Gasteiger partial charge is 0.261 e. The van der Waals surface area contributed by atoms with Crippen molar-refractivity contribution < 1.29 is 12.8 Å². The fraction of sp³-hybridized carbons (Fsp3) is 0. The van der Waals surface area contributed by atoms with Crippen LogP contribution in [0.1, 0.15) is 0 Å². The lowest BCUT2D eigenvalue weighted by atomic mass is 10.1. The molecule has 27 heavy (non-hydrogen) atoms. The van der Waals surface area contributed by atoms with E-state index in [0.717, 1.165) is 27.1 Å². The van der Waals surface area contributed by atoms with Crippen LogP contribution in [0.15, 0.2) is 94.2 Å². The molecule has 4 nitrogen and oxygen atoms in total. The first-order valence-electron chi connectivity index (χ1n) is 8.53. The van der Waals surface area contributed by atoms with Crippen molar-refractivity contribution in [1.29, 1.82) is 0 Å². The summed E-state index contributed by atoms with van der Waals surface area (Å²) in [7, 11) is -3.70. The van der Waals surface area contributed by atoms with Gasteiger partial charge in [0.15, 0.2) is 0 Å². The van der Waals surface area contributed by atoms with E-state index in [1.165, 1.54) is 0 Å². The number of furan rings is 1. The molecule has 1 N–H and O–H groups in total. The van der Waals surface area contributed by atoms with Crippen LogP contribution in [0, 0.1) is 0 Å². The fourth-order valence-corrected chi connectivity index (χ4v) is 4.42. The standard InChI is InChI=1S/C22H15NO3S/c24-27(25,18-11-9-15-5-1-2-6-16(15)13-18)23-17-10-12-20-19-7-3-4-8-21(19)26-22(20)14-17/h1-14,23H. The van der Waals surface area contributed by atoms with E-state index >= 15 is 0 Å². The molecule has 0 saturated heterocycles. The second kappa shape index (κ2) is 5.86. The van der Waals surface area contributed by atoms with Crippen LogP contribution in [-0.4, -0.2) is 8.42 Å². The van der Waals surface area contributed by atoms with Crippen molar-refractivity contribution in [1.82, 2.24) is 0 Å². The molecular formula is C22H15NO3S. The summed E-state index contributed by atoms with van der Waals surface area (Å²) < 4.78 is 34.1. The van der Waals surface area contributed by atoms with Gasteiger partial charge in [0.25, 0.3) is 10.0 Å². The number of para-hydroxylation sites is 1. The number of benzene rings is 4. The molecule has 0 bridgehead atoms. The number of hydrogen-bond donors (Lipinski definition) is 1. The second-order valence-corrected chi connectivity index (χ2v) is 8.11. The Morgan fingerprint density at radius 3 is 2.30 bits per heavy atom. The molecule has 5 aromatic rings. The highest BCUT2D eigenvalue weighted by Gasteiger charge is 2.16. The van der Waals surface area contributed by atoms with Crippen LogP contribution in [0.4, 0.5) is 5.69 Å². The molecule has 0 aliphatic carbocycles. The van der Waals surface area contributed by atoms with Crippen molar-refractivity contribution in [3.05, 3.63) is 84.9 Å². The SMILES string of the molecule is O=S(=O)(Nc1ccc2c(c1)oc1ccccc12)c1ccc2ccccc2c1. The highest BCUT2D eigenvalue weighted by atomic mass is 32.2. The molecule has 0 spiro atoms. The molecule has 132 valence electrons. The van der Waals surface area contributed by atoms with E-state index in [4.69, 9.17) is 4.42 Å². The maximum atomic E-state index is 12.8. The molecule has 0 radical (unpaired) electrons. The second-order valence-electron chi connectivity index (χ2n) is 6.42. The largest absolute Gasteiger partial charge is 0.456 e. The predicted octanol–water partition coefficient (Wildman–Crippen LogP) is 5.54. The van der Waals surface area contributed by atoms with Crippen molar-refractivity contribution >= 4 is 48.4 Å². The number of rotatable bonds is 3. The van der Waals surface area contributed by atoms with Gasteiger partial charge < -0.3 is 4.42 Å². The molecule has 0 aliphatic heterocycles. The van der Waals surface area contributed by atoms with E-state index in [1.54, 1.807) is 24.3 Å². The van der Waals surface area contributed by atoms with Crippen LogP contribution >= 0.6 is 0 Å². The lowest BCUT2D eigenvalue weighted by Crippen LogP contribution is -2.12. The van der Waals surface area contributed by atoms with Gasteiger partial charge in [-0.15, -0.1) is 0 Å². The number of sulfonamides is 1. The van der Waals surface area contributed by atoms with Crippen molar-refractivity contribution in [3.63, 3.8) is 0 Å². The Hall–Kier alpha value is -3.31. The lowest BCUT2D eigenvalue weighted by molar-refractivity contribution is 0.601. The normalized spacial score (nSPS) is 12.0. The first-order chi connectivity index (χ1) is 13.1. The third kappa shape index (κ3) is 2.73. The summed E-state index contributed by atoms with van der Waals surface area (Å²) in [6.45, 7) is 0. The Morgan fingerprint density at radius 1 is 0.667 bits per heavy atom. The maximum absolute atomic E-state index is 12.8. The molecule has 5 heteroatoms. The van der Waals surface area contributed by atoms with Gasteiger partial charge >= 0.3 is 0 Å². The third-order valence-corrected chi connectivity index (χ3v) is 6.04. The van der Waals surface area contributed by atoms with E-state index in [2.05, 4.69) is 4.72 Å². The van der Waals surface area contributed by atoms with Gasteiger partial charge in [-0.25, -0.2) is 8.42 Å². The van der Waals surface area contributed by atoms with Crippen LogP contribution < -0.4 is 4.72 Å². The first kappa shape index (κ1) is 15.9. The topological polar surface area (TPSA) is 59.3 Å². The zero-order valence-corrected chi connectivity index (χ0v) is 15.0. The molecule has 0 saturated carbocycles. The minimum absolute atomic E-state index is 0.228. The van der Waals surface area contributed by atoms with Crippen LogP contribution in [0.3, 0.4) is 0 Å². The molecule has 1 heterocycles. The monoisotopic (exact) mass is 373 g/mol. The van der Waals surface area contributed by atoms with Crippen molar-refractivity contribution in [2.75, 3.05) is 4.72 Å². The summed E-state index contributed by atoms with van der Waals surface area (Å²) in [5.74, 6) is 0. The van der Waals surface area contributed by atoms with Gasteiger partial charge in [-0.2, -0.15) is 0 Å². The average molecular weight is 373 g/mol. The van der Waals surface area contributed by atoms with Crippen molar-refractivity contribution in [2.45, 2.75) is 4.90 Å². The quantitative estimate of drug-likeness (QED) is 0.452. The van der Waals surface area contributed by atoms with Crippen LogP contribution in [-0.2, 0) is 10.0 Å². The summed E-state index contributed by atoms with van der Waals surface area (Å²) in [4.78, 5) is 0.228. The number of fused-ring (bicyclic) bond motifs is 4. The van der Waals surface area contributed by atoms with Crippen molar-refractivity contribution in [2.24, 2.45) is 0 Å². The van der Waals surface area contributed by atoms with Gasteiger partial charge in [0.2, 0.25) is 0 Å². The number of hydrogen-bond acceptors (Lipinski definition) is 3. The highest BCUT2D eigenvalue weighted by Crippen LogP contribution is 2.31. The van der Waals surface area contributed by atoms with Gasteiger partial charge in [0.1, 0.15) is 11.2 Å². The minimum atomic E-state index is -3.70. The van der Waals surface area contributed by atoms with Crippen LogP contribution in [0.25, 0.3) is 32.7 Å². The van der Waals surface area contributed by atoms with E-state index < -0.39 is 10.0 Å². The maximum Gasteiger partial charge on any atom is 0.261 e. The number of nitrogens with one attached hydrogen (secondary N) is 1. The molecule has 1 aromatic heterocycles. The van der Waals surface area contributed by atoms with Crippen molar-refractivity contribution in [3.8, 4) is 0 Å². The predicted molar refractivity (Wildman–Crippen MR) is 108 cm³/mol. The Kier molecular flexibility index (Phi) is 3.45. The summed E-state index contributed by atoms with van der Waals surface area (Å²) in [5.41, 5.74) is 1.90. The summed E-state index contributed by atoms with van der Waals surface area (Å²) in [5, 5.41) is 3.85. The lowest BCUT2D eigenvalue weighted by Gasteiger charge is -2.09. The molecule has 5 rings (SSSR count). The van der Waals surface area contributed by atoms with Gasteiger partial charge in [-0.05, 0) is 41.1 Å². The van der Waals surface area contributed by atoms with E-state index in [0.29, 0.717) is 11.3 Å². The van der Waals surface area contributed by atoms with Crippen LogP contribution in [0.2, 0.25) is 0 Å². The molecule has 4 aromatic carbocycles. The third-order valence-electron chi connectivity index (χ3n) is 4.66. The zero-order chi connectivity index (χ0) is 18.4. The Bertz CT molecular complexity index is 1420. The first-order valence-corrected chi connectivity index (χ1v) is 10.0. The summed E-state index contributed by atoms with van der Waals surface area (Å²) in [6, 6.07) is 25.9. The highest BCUT2D eigenvalue weighted by molar-refractivity contribution is 7.92. The number of anilines is 1. The Balaban J connectivity index is 1.55. The van der Waals surface area contributed by atoms with Gasteiger partial charge in [-0.3, -0.25) is 4.72 Å². The van der Waals surface area contributed by atoms with Gasteiger partial charge in [0.05, 0.1) is 10.6 Å². The summed E-state index contributed by atoms with van der Waals surface area (Å²) in [6.07, 6.45) is 0. The Morgan fingerprint density at radius 2 is 1.41 bits per heavy atom. The van der Waals surface area contributed by atoms with E-state index in [9.17, 15) is 8.42 Å². The van der Waals surface area contributed by atoms with E-state index in [1.807, 2.05) is 60.7 Å².